The number of urea groups is 2. The van der Waals surface area contributed by atoms with E-state index in [0.717, 1.165) is 12.2 Å². The first-order chi connectivity index (χ1) is 17.5. The van der Waals surface area contributed by atoms with Gasteiger partial charge >= 0.3 is 24.0 Å². The van der Waals surface area contributed by atoms with Crippen LogP contribution in [-0.2, 0) is 19.1 Å². The molecule has 0 bridgehead atoms. The summed E-state index contributed by atoms with van der Waals surface area (Å²) in [5, 5.41) is 11.3. The van der Waals surface area contributed by atoms with Crippen molar-refractivity contribution in [2.75, 3.05) is 39.4 Å². The number of nitrogens with one attached hydrogen (secondary N) is 4. The summed E-state index contributed by atoms with van der Waals surface area (Å²) >= 11 is 0. The third-order valence-electron chi connectivity index (χ3n) is 6.61. The summed E-state index contributed by atoms with van der Waals surface area (Å²) in [6.45, 7) is 2.46. The zero-order valence-corrected chi connectivity index (χ0v) is 21.5. The summed E-state index contributed by atoms with van der Waals surface area (Å²) < 4.78 is 10.0. The lowest BCUT2D eigenvalue weighted by atomic mass is 9.89. The van der Waals surface area contributed by atoms with E-state index < -0.39 is 11.9 Å². The number of amides is 4. The van der Waals surface area contributed by atoms with Crippen molar-refractivity contribution in [3.63, 3.8) is 0 Å². The zero-order valence-electron chi connectivity index (χ0n) is 21.5. The lowest BCUT2D eigenvalue weighted by Gasteiger charge is -2.21. The van der Waals surface area contributed by atoms with Crippen LogP contribution < -0.4 is 21.3 Å². The summed E-state index contributed by atoms with van der Waals surface area (Å²) in [5.74, 6) is -0.152. The molecule has 0 heterocycles. The van der Waals surface area contributed by atoms with Gasteiger partial charge in [-0.25, -0.2) is 19.2 Å². The Morgan fingerprint density at radius 3 is 1.36 bits per heavy atom. The van der Waals surface area contributed by atoms with E-state index >= 15 is 0 Å². The van der Waals surface area contributed by atoms with Crippen molar-refractivity contribution < 1.29 is 28.7 Å². The lowest BCUT2D eigenvalue weighted by Crippen LogP contribution is -2.39. The Kier molecular flexibility index (Phi) is 15.1. The zero-order chi connectivity index (χ0) is 25.8. The maximum absolute atomic E-state index is 11.8. The van der Waals surface area contributed by atoms with Crippen LogP contribution in [0.1, 0.15) is 77.0 Å². The fourth-order valence-electron chi connectivity index (χ4n) is 4.51. The SMILES string of the molecule is O=C(NCCCOC(=O)/C=C/C(=O)OCCCNC(=O)NCC1CCCCC1)NCC1CCCCC1. The Labute approximate surface area is 214 Å². The highest BCUT2D eigenvalue weighted by Gasteiger charge is 2.15. The van der Waals surface area contributed by atoms with Crippen LogP contribution in [0.15, 0.2) is 12.2 Å². The van der Waals surface area contributed by atoms with Gasteiger partial charge < -0.3 is 30.7 Å². The largest absolute Gasteiger partial charge is 0.462 e. The lowest BCUT2D eigenvalue weighted by molar-refractivity contribution is -0.140. The van der Waals surface area contributed by atoms with Gasteiger partial charge in [0.05, 0.1) is 13.2 Å². The molecular formula is C26H44N4O6. The Hall–Kier alpha value is -2.78. The molecule has 0 atom stereocenters. The maximum atomic E-state index is 11.8. The van der Waals surface area contributed by atoms with Gasteiger partial charge in [0.25, 0.3) is 0 Å². The van der Waals surface area contributed by atoms with Crippen molar-refractivity contribution in [2.45, 2.75) is 77.0 Å². The van der Waals surface area contributed by atoms with Crippen LogP contribution in [0.25, 0.3) is 0 Å². The summed E-state index contributed by atoms with van der Waals surface area (Å²) in [5.41, 5.74) is 0. The number of rotatable bonds is 14. The van der Waals surface area contributed by atoms with E-state index in [1.54, 1.807) is 0 Å². The number of hydrogen-bond donors (Lipinski definition) is 4. The van der Waals surface area contributed by atoms with Gasteiger partial charge in [0.1, 0.15) is 0 Å². The molecule has 2 fully saturated rings. The molecule has 10 nitrogen and oxygen atoms in total. The standard InChI is InChI=1S/C26H44N4O6/c31-23(35-17-7-15-27-25(33)29-19-21-9-3-1-4-10-21)13-14-24(32)36-18-8-16-28-26(34)30-20-22-11-5-2-6-12-22/h13-14,21-22H,1-12,15-20H2,(H2,27,29,33)(H2,28,30,34)/b14-13+. The number of esters is 2. The van der Waals surface area contributed by atoms with Crippen molar-refractivity contribution in [1.82, 2.24) is 21.3 Å². The molecule has 10 heteroatoms. The summed E-state index contributed by atoms with van der Waals surface area (Å²) in [6, 6.07) is -0.408. The molecule has 0 aliphatic heterocycles. The highest BCUT2D eigenvalue weighted by Crippen LogP contribution is 2.23. The first-order valence-corrected chi connectivity index (χ1v) is 13.6. The highest BCUT2D eigenvalue weighted by atomic mass is 16.5. The molecular weight excluding hydrogens is 464 g/mol. The minimum absolute atomic E-state index is 0.135. The fraction of sp³-hybridized carbons (Fsp3) is 0.769. The van der Waals surface area contributed by atoms with E-state index in [1.165, 1.54) is 64.2 Å². The number of carbonyl (C=O) groups excluding carboxylic acids is 4. The first kappa shape index (κ1) is 29.5. The fourth-order valence-corrected chi connectivity index (χ4v) is 4.51. The molecule has 2 aliphatic carbocycles. The highest BCUT2D eigenvalue weighted by molar-refractivity contribution is 5.91. The minimum Gasteiger partial charge on any atom is -0.462 e. The van der Waals surface area contributed by atoms with Crippen molar-refractivity contribution in [2.24, 2.45) is 11.8 Å². The molecule has 0 aromatic rings. The van der Waals surface area contributed by atoms with Crippen molar-refractivity contribution in [3.05, 3.63) is 12.2 Å². The third-order valence-corrected chi connectivity index (χ3v) is 6.61. The Balaban J connectivity index is 1.39. The van der Waals surface area contributed by atoms with Gasteiger partial charge in [0, 0.05) is 38.3 Å². The Bertz CT molecular complexity index is 645. The maximum Gasteiger partial charge on any atom is 0.331 e. The van der Waals surface area contributed by atoms with E-state index in [2.05, 4.69) is 21.3 Å². The molecule has 204 valence electrons. The third kappa shape index (κ3) is 14.6. The van der Waals surface area contributed by atoms with Gasteiger partial charge in [0.2, 0.25) is 0 Å². The predicted octanol–water partition coefficient (Wildman–Crippen LogP) is 3.17. The van der Waals surface area contributed by atoms with E-state index in [0.29, 0.717) is 50.9 Å². The van der Waals surface area contributed by atoms with Crippen LogP contribution in [-0.4, -0.2) is 63.4 Å². The van der Waals surface area contributed by atoms with Gasteiger partial charge in [-0.2, -0.15) is 0 Å². The molecule has 4 amide bonds. The number of ether oxygens (including phenoxy) is 2. The summed E-state index contributed by atoms with van der Waals surface area (Å²) in [6.07, 6.45) is 15.2. The Morgan fingerprint density at radius 2 is 0.972 bits per heavy atom. The van der Waals surface area contributed by atoms with Crippen molar-refractivity contribution >= 4 is 24.0 Å². The molecule has 0 unspecified atom stereocenters. The smallest absolute Gasteiger partial charge is 0.331 e. The molecule has 36 heavy (non-hydrogen) atoms. The summed E-state index contributed by atoms with van der Waals surface area (Å²) in [4.78, 5) is 46.9. The normalized spacial score (nSPS) is 16.8. The van der Waals surface area contributed by atoms with Gasteiger partial charge in [0.15, 0.2) is 0 Å². The molecule has 2 aliphatic rings. The molecule has 0 spiro atoms. The van der Waals surface area contributed by atoms with Gasteiger partial charge in [-0.05, 0) is 50.4 Å². The second kappa shape index (κ2) is 18.5. The van der Waals surface area contributed by atoms with Crippen molar-refractivity contribution in [3.8, 4) is 0 Å². The van der Waals surface area contributed by atoms with Gasteiger partial charge in [-0.15, -0.1) is 0 Å². The molecule has 0 saturated heterocycles. The Morgan fingerprint density at radius 1 is 0.583 bits per heavy atom. The number of hydrogen-bond acceptors (Lipinski definition) is 6. The van der Waals surface area contributed by atoms with Crippen molar-refractivity contribution in [1.29, 1.82) is 0 Å². The minimum atomic E-state index is -0.648. The van der Waals surface area contributed by atoms with Crippen LogP contribution in [0.4, 0.5) is 9.59 Å². The monoisotopic (exact) mass is 508 g/mol. The second-order valence-corrected chi connectivity index (χ2v) is 9.66. The average Bonchev–Trinajstić information content (AvgIpc) is 2.90. The van der Waals surface area contributed by atoms with E-state index in [4.69, 9.17) is 9.47 Å². The molecule has 4 N–H and O–H groups in total. The molecule has 0 radical (unpaired) electrons. The second-order valence-electron chi connectivity index (χ2n) is 9.66. The van der Waals surface area contributed by atoms with Gasteiger partial charge in [-0.1, -0.05) is 38.5 Å². The molecule has 2 rings (SSSR count). The average molecular weight is 509 g/mol. The summed E-state index contributed by atoms with van der Waals surface area (Å²) in [7, 11) is 0. The van der Waals surface area contributed by atoms with E-state index in [9.17, 15) is 19.2 Å². The topological polar surface area (TPSA) is 135 Å². The molecule has 0 aromatic carbocycles. The van der Waals surface area contributed by atoms with E-state index in [-0.39, 0.29) is 25.3 Å². The number of carbonyl (C=O) groups is 4. The molecule has 2 saturated carbocycles. The van der Waals surface area contributed by atoms with Gasteiger partial charge in [-0.3, -0.25) is 0 Å². The molecule has 0 aromatic heterocycles. The van der Waals surface area contributed by atoms with Crippen LogP contribution in [0, 0.1) is 11.8 Å². The first-order valence-electron chi connectivity index (χ1n) is 13.6. The van der Waals surface area contributed by atoms with Crippen LogP contribution in [0.5, 0.6) is 0 Å². The van der Waals surface area contributed by atoms with E-state index in [1.807, 2.05) is 0 Å². The van der Waals surface area contributed by atoms with Crippen LogP contribution in [0.3, 0.4) is 0 Å². The predicted molar refractivity (Wildman–Crippen MR) is 136 cm³/mol. The van der Waals surface area contributed by atoms with Crippen LogP contribution >= 0.6 is 0 Å². The quantitative estimate of drug-likeness (QED) is 0.162. The van der Waals surface area contributed by atoms with Crippen LogP contribution in [0.2, 0.25) is 0 Å².